The fraction of sp³-hybridized carbons (Fsp3) is 1.00. The quantitative estimate of drug-likeness (QED) is 0.699. The normalized spacial score (nSPS) is 42.9. The van der Waals surface area contributed by atoms with Gasteiger partial charge in [0.05, 0.1) is 0 Å². The topological polar surface area (TPSA) is 12.0 Å². The minimum atomic E-state index is 1.05. The van der Waals surface area contributed by atoms with E-state index in [2.05, 4.69) is 5.32 Å². The van der Waals surface area contributed by atoms with E-state index in [9.17, 15) is 0 Å². The van der Waals surface area contributed by atoms with Gasteiger partial charge in [-0.15, -0.1) is 0 Å². The summed E-state index contributed by atoms with van der Waals surface area (Å²) in [5, 5.41) is 3.67. The van der Waals surface area contributed by atoms with Gasteiger partial charge in [0.25, 0.3) is 0 Å². The highest BCUT2D eigenvalue weighted by atomic mass is 14.9. The van der Waals surface area contributed by atoms with Crippen molar-refractivity contribution in [2.45, 2.75) is 38.5 Å². The van der Waals surface area contributed by atoms with Crippen LogP contribution in [0.1, 0.15) is 38.5 Å². The summed E-state index contributed by atoms with van der Waals surface area (Å²) >= 11 is 0. The highest BCUT2D eigenvalue weighted by Crippen LogP contribution is 2.47. The van der Waals surface area contributed by atoms with Crippen molar-refractivity contribution in [3.63, 3.8) is 0 Å². The molecule has 1 nitrogen and oxygen atoms in total. The molecule has 74 valence electrons. The fourth-order valence-corrected chi connectivity index (χ4v) is 3.42. The van der Waals surface area contributed by atoms with Crippen molar-refractivity contribution in [3.05, 3.63) is 0 Å². The Kier molecular flexibility index (Phi) is 2.08. The molecule has 13 heavy (non-hydrogen) atoms. The Hall–Kier alpha value is -0.0400. The lowest BCUT2D eigenvalue weighted by molar-refractivity contribution is 0.318. The second-order valence-electron chi connectivity index (χ2n) is 5.54. The van der Waals surface area contributed by atoms with Crippen LogP contribution in [0.5, 0.6) is 0 Å². The zero-order valence-corrected chi connectivity index (χ0v) is 8.47. The third-order valence-corrected chi connectivity index (χ3v) is 4.42. The summed E-state index contributed by atoms with van der Waals surface area (Å²) in [7, 11) is 0. The predicted octanol–water partition coefficient (Wildman–Crippen LogP) is 2.42. The Morgan fingerprint density at radius 3 is 2.46 bits per heavy atom. The van der Waals surface area contributed by atoms with Crippen molar-refractivity contribution in [2.24, 2.45) is 23.7 Å². The summed E-state index contributed by atoms with van der Waals surface area (Å²) in [6, 6.07) is 0. The van der Waals surface area contributed by atoms with Crippen LogP contribution in [0.15, 0.2) is 0 Å². The molecule has 3 rings (SSSR count). The SMILES string of the molecule is C1CC1CNCC1CC2CCC1C2. The number of fused-ring (bicyclic) bond motifs is 2. The molecule has 3 unspecified atom stereocenters. The molecule has 3 aliphatic rings. The van der Waals surface area contributed by atoms with Crippen molar-refractivity contribution in [1.29, 1.82) is 0 Å². The summed E-state index contributed by atoms with van der Waals surface area (Å²) in [6.07, 6.45) is 9.18. The van der Waals surface area contributed by atoms with Gasteiger partial charge in [0.15, 0.2) is 0 Å². The molecule has 3 fully saturated rings. The predicted molar refractivity (Wildman–Crippen MR) is 54.5 cm³/mol. The summed E-state index contributed by atoms with van der Waals surface area (Å²) in [6.45, 7) is 2.64. The maximum atomic E-state index is 3.67. The van der Waals surface area contributed by atoms with E-state index in [0.717, 1.165) is 23.7 Å². The van der Waals surface area contributed by atoms with Crippen LogP contribution in [0.3, 0.4) is 0 Å². The minimum absolute atomic E-state index is 1.05. The molecular weight excluding hydrogens is 158 g/mol. The van der Waals surface area contributed by atoms with Crippen LogP contribution < -0.4 is 5.32 Å². The van der Waals surface area contributed by atoms with Gasteiger partial charge in [-0.2, -0.15) is 0 Å². The van der Waals surface area contributed by atoms with Crippen LogP contribution >= 0.6 is 0 Å². The van der Waals surface area contributed by atoms with E-state index in [1.54, 1.807) is 25.7 Å². The summed E-state index contributed by atoms with van der Waals surface area (Å²) in [5.74, 6) is 4.34. The maximum absolute atomic E-state index is 3.67. The van der Waals surface area contributed by atoms with Gasteiger partial charge in [-0.25, -0.2) is 0 Å². The molecule has 1 heteroatoms. The molecule has 3 aliphatic carbocycles. The Bertz CT molecular complexity index is 186. The van der Waals surface area contributed by atoms with E-state index in [1.165, 1.54) is 25.9 Å². The van der Waals surface area contributed by atoms with Crippen LogP contribution in [-0.2, 0) is 0 Å². The average Bonchev–Trinajstić information content (AvgIpc) is 2.74. The number of hydrogen-bond acceptors (Lipinski definition) is 1. The number of nitrogens with one attached hydrogen (secondary N) is 1. The highest BCUT2D eigenvalue weighted by Gasteiger charge is 2.39. The maximum Gasteiger partial charge on any atom is -0.00176 e. The van der Waals surface area contributed by atoms with Crippen molar-refractivity contribution >= 4 is 0 Å². The first-order valence-corrected chi connectivity index (χ1v) is 6.12. The molecule has 0 saturated heterocycles. The van der Waals surface area contributed by atoms with Gasteiger partial charge in [0.2, 0.25) is 0 Å². The van der Waals surface area contributed by atoms with Gasteiger partial charge in [-0.05, 0) is 68.9 Å². The Labute approximate surface area is 81.3 Å². The van der Waals surface area contributed by atoms with E-state index in [1.807, 2.05) is 0 Å². The monoisotopic (exact) mass is 179 g/mol. The molecule has 0 amide bonds. The smallest absolute Gasteiger partial charge is 0.00176 e. The zero-order chi connectivity index (χ0) is 8.67. The van der Waals surface area contributed by atoms with Gasteiger partial charge >= 0.3 is 0 Å². The minimum Gasteiger partial charge on any atom is -0.316 e. The molecule has 3 saturated carbocycles. The van der Waals surface area contributed by atoms with Crippen molar-refractivity contribution in [2.75, 3.05) is 13.1 Å². The van der Waals surface area contributed by atoms with Crippen LogP contribution in [0.25, 0.3) is 0 Å². The first-order chi connectivity index (χ1) is 6.42. The van der Waals surface area contributed by atoms with Crippen molar-refractivity contribution < 1.29 is 0 Å². The van der Waals surface area contributed by atoms with Crippen molar-refractivity contribution in [1.82, 2.24) is 5.32 Å². The van der Waals surface area contributed by atoms with E-state index in [0.29, 0.717) is 0 Å². The Balaban J connectivity index is 1.40. The lowest BCUT2D eigenvalue weighted by atomic mass is 9.89. The van der Waals surface area contributed by atoms with E-state index < -0.39 is 0 Å². The largest absolute Gasteiger partial charge is 0.316 e. The van der Waals surface area contributed by atoms with E-state index >= 15 is 0 Å². The second-order valence-corrected chi connectivity index (χ2v) is 5.54. The van der Waals surface area contributed by atoms with Crippen LogP contribution in [0, 0.1) is 23.7 Å². The molecule has 0 heterocycles. The molecule has 0 radical (unpaired) electrons. The lowest BCUT2D eigenvalue weighted by Gasteiger charge is -2.21. The van der Waals surface area contributed by atoms with Gasteiger partial charge in [0.1, 0.15) is 0 Å². The molecule has 2 bridgehead atoms. The van der Waals surface area contributed by atoms with Crippen molar-refractivity contribution in [3.8, 4) is 0 Å². The molecule has 0 aromatic carbocycles. The van der Waals surface area contributed by atoms with E-state index in [-0.39, 0.29) is 0 Å². The van der Waals surface area contributed by atoms with Crippen LogP contribution in [-0.4, -0.2) is 13.1 Å². The highest BCUT2D eigenvalue weighted by molar-refractivity contribution is 4.91. The van der Waals surface area contributed by atoms with Gasteiger partial charge < -0.3 is 5.32 Å². The molecule has 0 aromatic heterocycles. The Morgan fingerprint density at radius 1 is 0.923 bits per heavy atom. The average molecular weight is 179 g/mol. The second kappa shape index (κ2) is 3.27. The molecule has 1 N–H and O–H groups in total. The van der Waals surface area contributed by atoms with E-state index in [4.69, 9.17) is 0 Å². The third kappa shape index (κ3) is 1.76. The summed E-state index contributed by atoms with van der Waals surface area (Å²) < 4.78 is 0. The first kappa shape index (κ1) is 8.28. The number of hydrogen-bond donors (Lipinski definition) is 1. The fourth-order valence-electron chi connectivity index (χ4n) is 3.42. The van der Waals surface area contributed by atoms with Gasteiger partial charge in [-0.1, -0.05) is 6.42 Å². The van der Waals surface area contributed by atoms with Gasteiger partial charge in [0, 0.05) is 0 Å². The molecule has 3 atom stereocenters. The molecule has 0 aliphatic heterocycles. The molecule has 0 aromatic rings. The van der Waals surface area contributed by atoms with Crippen LogP contribution in [0.2, 0.25) is 0 Å². The van der Waals surface area contributed by atoms with Crippen LogP contribution in [0.4, 0.5) is 0 Å². The first-order valence-electron chi connectivity index (χ1n) is 6.12. The molecule has 0 spiro atoms. The standard InChI is InChI=1S/C12H21N/c1-2-9(1)7-13-8-12-6-10-3-4-11(12)5-10/h9-13H,1-8H2. The Morgan fingerprint density at radius 2 is 1.85 bits per heavy atom. The number of rotatable bonds is 4. The lowest BCUT2D eigenvalue weighted by Crippen LogP contribution is -2.27. The molecular formula is C12H21N. The zero-order valence-electron chi connectivity index (χ0n) is 8.47. The van der Waals surface area contributed by atoms with Gasteiger partial charge in [-0.3, -0.25) is 0 Å². The third-order valence-electron chi connectivity index (χ3n) is 4.42. The summed E-state index contributed by atoms with van der Waals surface area (Å²) in [4.78, 5) is 0. The summed E-state index contributed by atoms with van der Waals surface area (Å²) in [5.41, 5.74) is 0.